The van der Waals surface area contributed by atoms with Gasteiger partial charge in [-0.05, 0) is 35.9 Å². The van der Waals surface area contributed by atoms with Crippen LogP contribution in [0.3, 0.4) is 0 Å². The van der Waals surface area contributed by atoms with Crippen LogP contribution < -0.4 is 4.74 Å². The molecule has 0 saturated carbocycles. The summed E-state index contributed by atoms with van der Waals surface area (Å²) in [4.78, 5) is 0. The van der Waals surface area contributed by atoms with Gasteiger partial charge in [-0.15, -0.1) is 5.10 Å². The van der Waals surface area contributed by atoms with E-state index in [-0.39, 0.29) is 33.3 Å². The van der Waals surface area contributed by atoms with Crippen LogP contribution in [-0.2, 0) is 12.8 Å². The Morgan fingerprint density at radius 3 is 2.50 bits per heavy atom. The van der Waals surface area contributed by atoms with E-state index in [1.54, 1.807) is 6.07 Å². The maximum atomic E-state index is 13.8. The molecule has 3 rings (SSSR count). The van der Waals surface area contributed by atoms with Crippen molar-refractivity contribution in [2.45, 2.75) is 12.8 Å². The van der Waals surface area contributed by atoms with Crippen molar-refractivity contribution in [3.63, 3.8) is 0 Å². The van der Waals surface area contributed by atoms with E-state index in [0.717, 1.165) is 24.3 Å². The summed E-state index contributed by atoms with van der Waals surface area (Å²) in [6, 6.07) is 5.60. The molecule has 144 valence electrons. The standard InChI is InChI=1S/C17H8ClF5N4O/c18-13-5-11(20)4-12(15-14(6-24)25-27-26-15)16(13)28-7-8-1-9(17(21,22)23)3-10(19)2-8/h1-5H,7H2,(H,25,26,27). The summed E-state index contributed by atoms with van der Waals surface area (Å²) < 4.78 is 71.2. The van der Waals surface area contributed by atoms with Gasteiger partial charge in [0.05, 0.1) is 16.1 Å². The zero-order valence-corrected chi connectivity index (χ0v) is 14.4. The minimum Gasteiger partial charge on any atom is -0.487 e. The largest absolute Gasteiger partial charge is 0.487 e. The molecule has 0 aliphatic carbocycles. The highest BCUT2D eigenvalue weighted by Crippen LogP contribution is 2.38. The molecule has 28 heavy (non-hydrogen) atoms. The second kappa shape index (κ2) is 7.44. The molecule has 0 fully saturated rings. The molecule has 1 aromatic heterocycles. The number of halogens is 6. The van der Waals surface area contributed by atoms with E-state index in [9.17, 15) is 22.0 Å². The molecule has 2 aromatic carbocycles. The Hall–Kier alpha value is -3.19. The first-order valence-electron chi connectivity index (χ1n) is 7.49. The summed E-state index contributed by atoms with van der Waals surface area (Å²) in [6.07, 6.45) is -4.74. The zero-order valence-electron chi connectivity index (χ0n) is 13.6. The van der Waals surface area contributed by atoms with Crippen LogP contribution in [0.4, 0.5) is 22.0 Å². The summed E-state index contributed by atoms with van der Waals surface area (Å²) in [5.74, 6) is -2.00. The predicted octanol–water partition coefficient (Wildman–Crippen LogP) is 4.87. The number of nitrogens with one attached hydrogen (secondary N) is 1. The first kappa shape index (κ1) is 19.6. The van der Waals surface area contributed by atoms with Crippen LogP contribution in [0.25, 0.3) is 11.3 Å². The van der Waals surface area contributed by atoms with Gasteiger partial charge in [0.25, 0.3) is 0 Å². The Bertz CT molecular complexity index is 1070. The number of alkyl halides is 3. The zero-order chi connectivity index (χ0) is 20.5. The number of rotatable bonds is 4. The van der Waals surface area contributed by atoms with Crippen LogP contribution in [0.1, 0.15) is 16.8 Å². The third-order valence-corrected chi connectivity index (χ3v) is 3.87. The van der Waals surface area contributed by atoms with Gasteiger partial charge >= 0.3 is 6.18 Å². The monoisotopic (exact) mass is 414 g/mol. The average molecular weight is 415 g/mol. The molecule has 0 atom stereocenters. The van der Waals surface area contributed by atoms with Crippen molar-refractivity contribution in [3.05, 3.63) is 63.8 Å². The number of ether oxygens (including phenoxy) is 1. The summed E-state index contributed by atoms with van der Waals surface area (Å²) in [7, 11) is 0. The van der Waals surface area contributed by atoms with E-state index in [1.807, 2.05) is 0 Å². The second-order valence-electron chi connectivity index (χ2n) is 5.55. The molecule has 5 nitrogen and oxygen atoms in total. The van der Waals surface area contributed by atoms with E-state index in [1.165, 1.54) is 0 Å². The fraction of sp³-hybridized carbons (Fsp3) is 0.118. The molecule has 0 aliphatic heterocycles. The normalized spacial score (nSPS) is 11.3. The van der Waals surface area contributed by atoms with Gasteiger partial charge in [-0.1, -0.05) is 16.8 Å². The Morgan fingerprint density at radius 1 is 1.11 bits per heavy atom. The molecule has 0 saturated heterocycles. The number of aromatic nitrogens is 3. The summed E-state index contributed by atoms with van der Waals surface area (Å²) in [6.45, 7) is -0.501. The van der Waals surface area contributed by atoms with Gasteiger partial charge in [0.1, 0.15) is 35.8 Å². The summed E-state index contributed by atoms with van der Waals surface area (Å²) in [5, 5.41) is 18.3. The van der Waals surface area contributed by atoms with E-state index >= 15 is 0 Å². The van der Waals surface area contributed by atoms with Crippen molar-refractivity contribution in [2.24, 2.45) is 0 Å². The van der Waals surface area contributed by atoms with Crippen molar-refractivity contribution >= 4 is 11.6 Å². The number of H-pyrrole nitrogens is 1. The Morgan fingerprint density at radius 2 is 1.82 bits per heavy atom. The number of aromatic amines is 1. The maximum absolute atomic E-state index is 13.8. The van der Waals surface area contributed by atoms with Crippen molar-refractivity contribution in [2.75, 3.05) is 0 Å². The topological polar surface area (TPSA) is 74.6 Å². The van der Waals surface area contributed by atoms with Crippen molar-refractivity contribution in [1.82, 2.24) is 15.4 Å². The van der Waals surface area contributed by atoms with Gasteiger partial charge in [0.2, 0.25) is 0 Å². The molecule has 11 heteroatoms. The molecule has 1 heterocycles. The molecular formula is C17H8ClF5N4O. The van der Waals surface area contributed by atoms with Gasteiger partial charge < -0.3 is 4.74 Å². The molecule has 0 radical (unpaired) electrons. The Kier molecular flexibility index (Phi) is 5.20. The molecule has 0 bridgehead atoms. The smallest absolute Gasteiger partial charge is 0.416 e. The van der Waals surface area contributed by atoms with Gasteiger partial charge in [-0.2, -0.15) is 18.4 Å². The van der Waals surface area contributed by atoms with Crippen LogP contribution in [-0.4, -0.2) is 15.4 Å². The predicted molar refractivity (Wildman–Crippen MR) is 87.2 cm³/mol. The summed E-state index contributed by atoms with van der Waals surface area (Å²) in [5.41, 5.74) is -1.51. The highest BCUT2D eigenvalue weighted by molar-refractivity contribution is 6.32. The second-order valence-corrected chi connectivity index (χ2v) is 5.95. The van der Waals surface area contributed by atoms with E-state index in [2.05, 4.69) is 15.4 Å². The van der Waals surface area contributed by atoms with Crippen LogP contribution in [0.15, 0.2) is 30.3 Å². The molecule has 3 aromatic rings. The fourth-order valence-electron chi connectivity index (χ4n) is 2.43. The minimum absolute atomic E-state index is 0.0391. The van der Waals surface area contributed by atoms with Crippen LogP contribution in [0, 0.1) is 23.0 Å². The molecule has 0 aliphatic rings. The molecule has 0 unspecified atom stereocenters. The van der Waals surface area contributed by atoms with Crippen molar-refractivity contribution in [3.8, 4) is 23.1 Å². The first-order valence-corrected chi connectivity index (χ1v) is 7.87. The van der Waals surface area contributed by atoms with E-state index in [4.69, 9.17) is 21.6 Å². The number of hydrogen-bond donors (Lipinski definition) is 1. The third kappa shape index (κ3) is 4.04. The lowest BCUT2D eigenvalue weighted by atomic mass is 10.1. The van der Waals surface area contributed by atoms with Gasteiger partial charge in [0, 0.05) is 0 Å². The van der Waals surface area contributed by atoms with Gasteiger partial charge in [-0.25, -0.2) is 13.9 Å². The quantitative estimate of drug-likeness (QED) is 0.618. The highest BCUT2D eigenvalue weighted by Gasteiger charge is 2.31. The molecule has 0 amide bonds. The average Bonchev–Trinajstić information content (AvgIpc) is 3.07. The lowest BCUT2D eigenvalue weighted by molar-refractivity contribution is -0.137. The number of hydrogen-bond acceptors (Lipinski definition) is 4. The highest BCUT2D eigenvalue weighted by atomic mass is 35.5. The van der Waals surface area contributed by atoms with E-state index in [0.29, 0.717) is 6.07 Å². The first-order chi connectivity index (χ1) is 13.2. The number of nitriles is 1. The fourth-order valence-corrected chi connectivity index (χ4v) is 2.69. The van der Waals surface area contributed by atoms with Gasteiger partial charge in [0.15, 0.2) is 5.69 Å². The van der Waals surface area contributed by atoms with Crippen LogP contribution >= 0.6 is 11.6 Å². The minimum atomic E-state index is -4.74. The maximum Gasteiger partial charge on any atom is 0.416 e. The third-order valence-electron chi connectivity index (χ3n) is 3.59. The van der Waals surface area contributed by atoms with Crippen LogP contribution in [0.2, 0.25) is 5.02 Å². The van der Waals surface area contributed by atoms with Crippen LogP contribution in [0.5, 0.6) is 5.75 Å². The van der Waals surface area contributed by atoms with Crippen molar-refractivity contribution in [1.29, 1.82) is 5.26 Å². The van der Waals surface area contributed by atoms with E-state index < -0.39 is 30.0 Å². The molecule has 0 spiro atoms. The lowest BCUT2D eigenvalue weighted by Gasteiger charge is -2.14. The number of benzene rings is 2. The summed E-state index contributed by atoms with van der Waals surface area (Å²) >= 11 is 5.99. The van der Waals surface area contributed by atoms with Crippen molar-refractivity contribution < 1.29 is 26.7 Å². The molecular weight excluding hydrogens is 407 g/mol. The van der Waals surface area contributed by atoms with Gasteiger partial charge in [-0.3, -0.25) is 0 Å². The SMILES string of the molecule is N#Cc1[nH]nnc1-c1cc(F)cc(Cl)c1OCc1cc(F)cc(C(F)(F)F)c1. The lowest BCUT2D eigenvalue weighted by Crippen LogP contribution is -2.07. The molecule has 1 N–H and O–H groups in total. The Balaban J connectivity index is 1.98. The Labute approximate surface area is 159 Å². The number of nitrogens with zero attached hydrogens (tertiary/aromatic N) is 3.